The van der Waals surface area contributed by atoms with Crippen LogP contribution in [-0.4, -0.2) is 53.0 Å². The van der Waals surface area contributed by atoms with Crippen LogP contribution >= 0.6 is 11.6 Å². The zero-order valence-electron chi connectivity index (χ0n) is 20.3. The van der Waals surface area contributed by atoms with E-state index in [4.69, 9.17) is 11.6 Å². The summed E-state index contributed by atoms with van der Waals surface area (Å²) >= 11 is 6.03. The van der Waals surface area contributed by atoms with Crippen molar-refractivity contribution < 1.29 is 18.0 Å². The Bertz CT molecular complexity index is 1190. The molecule has 2 aromatic carbocycles. The van der Waals surface area contributed by atoms with Crippen LogP contribution < -0.4 is 0 Å². The van der Waals surface area contributed by atoms with Crippen LogP contribution in [0.1, 0.15) is 48.3 Å². The number of H-pyrrole nitrogens is 1. The Balaban J connectivity index is 1.53. The van der Waals surface area contributed by atoms with Crippen LogP contribution in [0.4, 0.5) is 13.2 Å². The number of hydrogen-bond donors (Lipinski definition) is 1. The molecule has 0 spiro atoms. The number of carbonyl (C=O) groups is 1. The quantitative estimate of drug-likeness (QED) is 0.401. The Labute approximate surface area is 209 Å². The van der Waals surface area contributed by atoms with Gasteiger partial charge in [-0.15, -0.1) is 0 Å². The van der Waals surface area contributed by atoms with Gasteiger partial charge < -0.3 is 9.88 Å². The van der Waals surface area contributed by atoms with Gasteiger partial charge in [-0.1, -0.05) is 41.4 Å². The molecular weight excluding hydrogens is 475 g/mol. The van der Waals surface area contributed by atoms with Gasteiger partial charge in [-0.3, -0.25) is 9.69 Å². The number of nitrogens with one attached hydrogen (secondary N) is 1. The van der Waals surface area contributed by atoms with Crippen molar-refractivity contribution in [2.75, 3.05) is 26.2 Å². The third-order valence-electron chi connectivity index (χ3n) is 7.02. The molecule has 3 aromatic rings. The first kappa shape index (κ1) is 25.6. The summed E-state index contributed by atoms with van der Waals surface area (Å²) in [7, 11) is 0. The van der Waals surface area contributed by atoms with Gasteiger partial charge in [0.05, 0.1) is 0 Å². The van der Waals surface area contributed by atoms with Crippen LogP contribution in [-0.2, 0) is 5.54 Å². The number of benzene rings is 2. The third kappa shape index (κ3) is 6.01. The third-order valence-corrected chi connectivity index (χ3v) is 7.25. The number of nitrogens with zero attached hydrogens (tertiary/aromatic N) is 2. The van der Waals surface area contributed by atoms with E-state index in [0.717, 1.165) is 24.3 Å². The topological polar surface area (TPSA) is 39.3 Å². The van der Waals surface area contributed by atoms with Gasteiger partial charge in [-0.05, 0) is 75.9 Å². The lowest BCUT2D eigenvalue weighted by molar-refractivity contribution is -0.142. The number of aryl methyl sites for hydroxylation is 1. The number of rotatable bonds is 6. The standard InChI is InChI=1S/C27H31ClF3N3O/c1-18-6-8-21(9-7-18)26(2,3)34-12-4-5-19(16-34)15-33(17-27(29,30)31)25(35)24-14-20-13-22(28)10-11-23(20)32-24/h6-11,13-14,19,32H,4-5,12,15-17H2,1-3H3. The van der Waals surface area contributed by atoms with Gasteiger partial charge in [0, 0.05) is 34.6 Å². The minimum atomic E-state index is -4.49. The predicted octanol–water partition coefficient (Wildman–Crippen LogP) is 6.78. The Morgan fingerprint density at radius 1 is 1.14 bits per heavy atom. The highest BCUT2D eigenvalue weighted by Crippen LogP contribution is 2.33. The lowest BCUT2D eigenvalue weighted by atomic mass is 9.87. The first-order chi connectivity index (χ1) is 16.4. The fourth-order valence-corrected chi connectivity index (χ4v) is 5.18. The van der Waals surface area contributed by atoms with Crippen LogP contribution in [0.5, 0.6) is 0 Å². The SMILES string of the molecule is Cc1ccc(C(C)(C)N2CCCC(CN(CC(F)(F)F)C(=O)c3cc4cc(Cl)ccc4[nH]3)C2)cc1. The molecule has 0 radical (unpaired) electrons. The first-order valence-corrected chi connectivity index (χ1v) is 12.3. The zero-order valence-corrected chi connectivity index (χ0v) is 21.0. The number of hydrogen-bond acceptors (Lipinski definition) is 2. The lowest BCUT2D eigenvalue weighted by Gasteiger charge is -2.45. The van der Waals surface area contributed by atoms with Crippen molar-refractivity contribution in [2.45, 2.75) is 45.3 Å². The lowest BCUT2D eigenvalue weighted by Crippen LogP contribution is -2.50. The van der Waals surface area contributed by atoms with E-state index in [1.807, 2.05) is 6.92 Å². The van der Waals surface area contributed by atoms with Crippen molar-refractivity contribution in [1.82, 2.24) is 14.8 Å². The summed E-state index contributed by atoms with van der Waals surface area (Å²) in [5.74, 6) is -0.705. The number of alkyl halides is 3. The molecule has 0 aliphatic carbocycles. The Morgan fingerprint density at radius 2 is 1.86 bits per heavy atom. The monoisotopic (exact) mass is 505 g/mol. The van der Waals surface area contributed by atoms with E-state index in [-0.39, 0.29) is 23.7 Å². The maximum absolute atomic E-state index is 13.5. The number of amides is 1. The van der Waals surface area contributed by atoms with Gasteiger partial charge in [0.25, 0.3) is 5.91 Å². The second kappa shape index (κ2) is 9.86. The molecule has 1 atom stereocenters. The highest BCUT2D eigenvalue weighted by atomic mass is 35.5. The number of aromatic amines is 1. The fourth-order valence-electron chi connectivity index (χ4n) is 5.00. The fraction of sp³-hybridized carbons (Fsp3) is 0.444. The van der Waals surface area contributed by atoms with Crippen LogP contribution in [0.3, 0.4) is 0 Å². The summed E-state index contributed by atoms with van der Waals surface area (Å²) < 4.78 is 40.4. The van der Waals surface area contributed by atoms with E-state index in [9.17, 15) is 18.0 Å². The van der Waals surface area contributed by atoms with E-state index < -0.39 is 18.6 Å². The minimum Gasteiger partial charge on any atom is -0.351 e. The summed E-state index contributed by atoms with van der Waals surface area (Å²) in [6, 6.07) is 15.0. The molecular formula is C27H31ClF3N3O. The van der Waals surface area contributed by atoms with E-state index in [1.54, 1.807) is 24.3 Å². The molecule has 8 heteroatoms. The van der Waals surface area contributed by atoms with Gasteiger partial charge in [0.1, 0.15) is 12.2 Å². The zero-order chi connectivity index (χ0) is 25.4. The van der Waals surface area contributed by atoms with Crippen molar-refractivity contribution >= 4 is 28.4 Å². The second-order valence-electron chi connectivity index (χ2n) is 10.1. The molecule has 1 fully saturated rings. The average molecular weight is 506 g/mol. The van der Waals surface area contributed by atoms with E-state index in [1.165, 1.54) is 11.1 Å². The van der Waals surface area contributed by atoms with Gasteiger partial charge >= 0.3 is 6.18 Å². The summed E-state index contributed by atoms with van der Waals surface area (Å²) in [6.45, 7) is 6.61. The normalized spacial score (nSPS) is 17.6. The molecule has 1 amide bonds. The Hall–Kier alpha value is -2.51. The van der Waals surface area contributed by atoms with Crippen molar-refractivity contribution in [2.24, 2.45) is 5.92 Å². The Kier molecular flexibility index (Phi) is 7.21. The number of piperidine rings is 1. The maximum atomic E-state index is 13.5. The molecule has 1 aromatic heterocycles. The van der Waals surface area contributed by atoms with Crippen molar-refractivity contribution in [3.63, 3.8) is 0 Å². The second-order valence-corrected chi connectivity index (χ2v) is 10.5. The molecule has 4 rings (SSSR count). The first-order valence-electron chi connectivity index (χ1n) is 11.9. The molecule has 1 N–H and O–H groups in total. The summed E-state index contributed by atoms with van der Waals surface area (Å²) in [4.78, 5) is 19.5. The van der Waals surface area contributed by atoms with Gasteiger partial charge in [-0.2, -0.15) is 13.2 Å². The van der Waals surface area contributed by atoms with E-state index in [2.05, 4.69) is 48.0 Å². The Morgan fingerprint density at radius 3 is 2.54 bits per heavy atom. The summed E-state index contributed by atoms with van der Waals surface area (Å²) in [6.07, 6.45) is -2.83. The van der Waals surface area contributed by atoms with Crippen LogP contribution in [0.25, 0.3) is 10.9 Å². The van der Waals surface area contributed by atoms with Crippen molar-refractivity contribution in [3.05, 3.63) is 70.4 Å². The maximum Gasteiger partial charge on any atom is 0.406 e. The molecule has 0 saturated carbocycles. The van der Waals surface area contributed by atoms with E-state index >= 15 is 0 Å². The number of halogens is 4. The van der Waals surface area contributed by atoms with Gasteiger partial charge in [-0.25, -0.2) is 0 Å². The number of likely N-dealkylation sites (tertiary alicyclic amines) is 1. The van der Waals surface area contributed by atoms with Crippen LogP contribution in [0.15, 0.2) is 48.5 Å². The molecule has 2 heterocycles. The highest BCUT2D eigenvalue weighted by molar-refractivity contribution is 6.31. The smallest absolute Gasteiger partial charge is 0.351 e. The molecule has 1 aliphatic heterocycles. The summed E-state index contributed by atoms with van der Waals surface area (Å²) in [5.41, 5.74) is 2.89. The van der Waals surface area contributed by atoms with Gasteiger partial charge in [0.2, 0.25) is 0 Å². The van der Waals surface area contributed by atoms with Crippen LogP contribution in [0, 0.1) is 12.8 Å². The van der Waals surface area contributed by atoms with Crippen molar-refractivity contribution in [1.29, 1.82) is 0 Å². The van der Waals surface area contributed by atoms with E-state index in [0.29, 0.717) is 22.5 Å². The average Bonchev–Trinajstić information content (AvgIpc) is 3.21. The van der Waals surface area contributed by atoms with Crippen LogP contribution in [0.2, 0.25) is 5.02 Å². The molecule has 1 aliphatic rings. The van der Waals surface area contributed by atoms with Gasteiger partial charge in [0.15, 0.2) is 0 Å². The molecule has 0 bridgehead atoms. The molecule has 4 nitrogen and oxygen atoms in total. The van der Waals surface area contributed by atoms with Crippen molar-refractivity contribution in [3.8, 4) is 0 Å². The molecule has 1 saturated heterocycles. The minimum absolute atomic E-state index is 0.0505. The number of aromatic nitrogens is 1. The number of fused-ring (bicyclic) bond motifs is 1. The largest absolute Gasteiger partial charge is 0.406 e. The predicted molar refractivity (Wildman–Crippen MR) is 134 cm³/mol. The molecule has 35 heavy (non-hydrogen) atoms. The number of carbonyl (C=O) groups excluding carboxylic acids is 1. The molecule has 1 unspecified atom stereocenters. The molecule has 188 valence electrons. The summed E-state index contributed by atoms with van der Waals surface area (Å²) in [5, 5.41) is 1.19. The highest BCUT2D eigenvalue weighted by Gasteiger charge is 2.37.